The summed E-state index contributed by atoms with van der Waals surface area (Å²) in [5.74, 6) is -1.71. The second-order valence-corrected chi connectivity index (χ2v) is 8.62. The number of benzene rings is 1. The fraction of sp³-hybridized carbons (Fsp3) is 0.556. The highest BCUT2D eigenvalue weighted by molar-refractivity contribution is 7.86. The highest BCUT2D eigenvalue weighted by Gasteiger charge is 2.38. The first kappa shape index (κ1) is 23.1. The molecule has 0 heterocycles. The number of hydrogen-bond donors (Lipinski definition) is 2. The predicted octanol–water partition coefficient (Wildman–Crippen LogP) is 1.56. The van der Waals surface area contributed by atoms with Gasteiger partial charge >= 0.3 is 5.97 Å². The van der Waals surface area contributed by atoms with E-state index in [0.29, 0.717) is 0 Å². The predicted molar refractivity (Wildman–Crippen MR) is 99.5 cm³/mol. The van der Waals surface area contributed by atoms with Gasteiger partial charge in [0.1, 0.15) is 0 Å². The van der Waals surface area contributed by atoms with Gasteiger partial charge < -0.3 is 15.2 Å². The van der Waals surface area contributed by atoms with Crippen LogP contribution in [0.15, 0.2) is 30.3 Å². The van der Waals surface area contributed by atoms with Gasteiger partial charge in [-0.15, -0.1) is 0 Å². The van der Waals surface area contributed by atoms with E-state index in [1.54, 1.807) is 13.8 Å². The van der Waals surface area contributed by atoms with Crippen molar-refractivity contribution in [2.75, 3.05) is 18.9 Å². The summed E-state index contributed by atoms with van der Waals surface area (Å²) in [4.78, 5) is 22.4. The molecule has 9 heteroatoms. The van der Waals surface area contributed by atoms with Crippen molar-refractivity contribution in [3.05, 3.63) is 35.9 Å². The number of hydrogen-bond acceptors (Lipinski definition) is 6. The molecule has 27 heavy (non-hydrogen) atoms. The maximum Gasteiger partial charge on any atom is 0.333 e. The molecule has 2 N–H and O–H groups in total. The normalized spacial score (nSPS) is 13.1. The summed E-state index contributed by atoms with van der Waals surface area (Å²) in [6.07, 6.45) is -1.04. The largest absolute Gasteiger partial charge is 0.479 e. The Morgan fingerprint density at radius 1 is 1.22 bits per heavy atom. The monoisotopic (exact) mass is 401 g/mol. The fourth-order valence-corrected chi connectivity index (χ4v) is 3.37. The Bertz CT molecular complexity index is 716. The number of carboxylic acids is 1. The summed E-state index contributed by atoms with van der Waals surface area (Å²) in [6.45, 7) is 4.47. The van der Waals surface area contributed by atoms with Gasteiger partial charge in [0.2, 0.25) is 5.91 Å². The Morgan fingerprint density at radius 3 is 2.41 bits per heavy atom. The number of amides is 1. The van der Waals surface area contributed by atoms with Crippen molar-refractivity contribution in [1.82, 2.24) is 5.32 Å². The summed E-state index contributed by atoms with van der Waals surface area (Å²) in [5.41, 5.74) is -0.267. The lowest BCUT2D eigenvalue weighted by Crippen LogP contribution is -2.42. The van der Waals surface area contributed by atoms with Crippen molar-refractivity contribution >= 4 is 22.0 Å². The van der Waals surface area contributed by atoms with E-state index in [9.17, 15) is 23.1 Å². The second kappa shape index (κ2) is 10.4. The molecule has 8 nitrogen and oxygen atoms in total. The maximum absolute atomic E-state index is 12.0. The van der Waals surface area contributed by atoms with Crippen molar-refractivity contribution in [3.8, 4) is 0 Å². The third-order valence-electron chi connectivity index (χ3n) is 3.75. The van der Waals surface area contributed by atoms with Crippen LogP contribution in [0.1, 0.15) is 32.8 Å². The molecule has 1 aromatic carbocycles. The molecule has 1 aromatic rings. The van der Waals surface area contributed by atoms with E-state index in [1.165, 1.54) is 6.92 Å². The van der Waals surface area contributed by atoms with Gasteiger partial charge in [-0.05, 0) is 12.0 Å². The molecule has 1 rings (SSSR count). The SMILES string of the molecule is CC(=O)NCCCS(=O)(=O)OCC(C)(C)[C@H](OCc1ccccc1)C(=O)O. The molecule has 1 atom stereocenters. The summed E-state index contributed by atoms with van der Waals surface area (Å²) in [5, 5.41) is 12.0. The molecule has 0 spiro atoms. The molecular formula is C18H27NO7S. The van der Waals surface area contributed by atoms with E-state index in [-0.39, 0.29) is 37.8 Å². The molecule has 0 aliphatic rings. The van der Waals surface area contributed by atoms with Crippen molar-refractivity contribution in [1.29, 1.82) is 0 Å². The minimum atomic E-state index is -3.84. The molecule has 0 aliphatic heterocycles. The Kier molecular flexibility index (Phi) is 8.87. The number of carbonyl (C=O) groups is 2. The van der Waals surface area contributed by atoms with Crippen LogP contribution in [-0.4, -0.2) is 50.4 Å². The van der Waals surface area contributed by atoms with Crippen molar-refractivity contribution < 1.29 is 32.0 Å². The molecule has 0 fully saturated rings. The van der Waals surface area contributed by atoms with Gasteiger partial charge in [0.25, 0.3) is 10.1 Å². The zero-order valence-electron chi connectivity index (χ0n) is 15.8. The smallest absolute Gasteiger partial charge is 0.333 e. The minimum Gasteiger partial charge on any atom is -0.479 e. The molecule has 0 bridgehead atoms. The van der Waals surface area contributed by atoms with Crippen LogP contribution in [0.4, 0.5) is 0 Å². The lowest BCUT2D eigenvalue weighted by atomic mass is 9.87. The minimum absolute atomic E-state index is 0.0880. The van der Waals surface area contributed by atoms with Crippen LogP contribution in [0.3, 0.4) is 0 Å². The molecular weight excluding hydrogens is 374 g/mol. The lowest BCUT2D eigenvalue weighted by Gasteiger charge is -2.30. The summed E-state index contributed by atoms with van der Waals surface area (Å²) < 4.78 is 34.5. The number of nitrogens with one attached hydrogen (secondary N) is 1. The van der Waals surface area contributed by atoms with E-state index >= 15 is 0 Å². The van der Waals surface area contributed by atoms with Crippen LogP contribution in [0.25, 0.3) is 0 Å². The zero-order chi connectivity index (χ0) is 20.5. The zero-order valence-corrected chi connectivity index (χ0v) is 16.6. The lowest BCUT2D eigenvalue weighted by molar-refractivity contribution is -0.162. The highest BCUT2D eigenvalue weighted by atomic mass is 32.2. The first-order chi connectivity index (χ1) is 12.5. The van der Waals surface area contributed by atoms with E-state index in [2.05, 4.69) is 5.32 Å². The standard InChI is InChI=1S/C18H27NO7S/c1-14(20)19-10-7-11-27(23,24)26-13-18(2,3)16(17(21)22)25-12-15-8-5-4-6-9-15/h4-6,8-9,16H,7,10-13H2,1-3H3,(H,19,20)(H,21,22)/t16-/m1/s1. The average molecular weight is 401 g/mol. The first-order valence-electron chi connectivity index (χ1n) is 8.53. The maximum atomic E-state index is 12.0. The van der Waals surface area contributed by atoms with Crippen LogP contribution in [-0.2, 0) is 35.2 Å². The summed E-state index contributed by atoms with van der Waals surface area (Å²) in [6, 6.07) is 9.09. The van der Waals surface area contributed by atoms with E-state index < -0.39 is 27.6 Å². The van der Waals surface area contributed by atoms with Gasteiger partial charge in [-0.25, -0.2) is 4.79 Å². The number of aliphatic carboxylic acids is 1. The molecule has 0 unspecified atom stereocenters. The number of rotatable bonds is 12. The second-order valence-electron chi connectivity index (χ2n) is 6.86. The van der Waals surface area contributed by atoms with Gasteiger partial charge in [0.15, 0.2) is 6.10 Å². The molecule has 1 amide bonds. The highest BCUT2D eigenvalue weighted by Crippen LogP contribution is 2.26. The Morgan fingerprint density at radius 2 is 1.85 bits per heavy atom. The van der Waals surface area contributed by atoms with Crippen LogP contribution in [0.5, 0.6) is 0 Å². The summed E-state index contributed by atoms with van der Waals surface area (Å²) >= 11 is 0. The molecule has 0 saturated heterocycles. The number of carbonyl (C=O) groups excluding carboxylic acids is 1. The molecule has 152 valence electrons. The van der Waals surface area contributed by atoms with Crippen molar-refractivity contribution in [3.63, 3.8) is 0 Å². The van der Waals surface area contributed by atoms with E-state index in [0.717, 1.165) is 5.56 Å². The van der Waals surface area contributed by atoms with E-state index in [1.807, 2.05) is 30.3 Å². The summed E-state index contributed by atoms with van der Waals surface area (Å²) in [7, 11) is -3.84. The Labute approximate surface area is 160 Å². The first-order valence-corrected chi connectivity index (χ1v) is 10.1. The third kappa shape index (κ3) is 8.98. The van der Waals surface area contributed by atoms with Crippen LogP contribution >= 0.6 is 0 Å². The van der Waals surface area contributed by atoms with Crippen LogP contribution < -0.4 is 5.32 Å². The van der Waals surface area contributed by atoms with Gasteiger partial charge in [0.05, 0.1) is 19.0 Å². The van der Waals surface area contributed by atoms with Gasteiger partial charge in [-0.3, -0.25) is 8.98 Å². The Hall–Kier alpha value is -1.97. The number of ether oxygens (including phenoxy) is 1. The molecule has 0 saturated carbocycles. The molecule has 0 aromatic heterocycles. The van der Waals surface area contributed by atoms with Crippen molar-refractivity contribution in [2.45, 2.75) is 39.9 Å². The van der Waals surface area contributed by atoms with Crippen molar-refractivity contribution in [2.24, 2.45) is 5.41 Å². The van der Waals surface area contributed by atoms with Gasteiger partial charge in [-0.1, -0.05) is 44.2 Å². The van der Waals surface area contributed by atoms with Crippen LogP contribution in [0, 0.1) is 5.41 Å². The average Bonchev–Trinajstić information content (AvgIpc) is 2.58. The van der Waals surface area contributed by atoms with Crippen LogP contribution in [0.2, 0.25) is 0 Å². The topological polar surface area (TPSA) is 119 Å². The fourth-order valence-electron chi connectivity index (χ4n) is 2.27. The Balaban J connectivity index is 2.60. The van der Waals surface area contributed by atoms with Gasteiger partial charge in [-0.2, -0.15) is 8.42 Å². The van der Waals surface area contributed by atoms with Gasteiger partial charge in [0, 0.05) is 18.9 Å². The van der Waals surface area contributed by atoms with E-state index in [4.69, 9.17) is 8.92 Å². The molecule has 0 aliphatic carbocycles. The third-order valence-corrected chi connectivity index (χ3v) is 5.01. The quantitative estimate of drug-likeness (QED) is 0.403. The number of carboxylic acid groups (broad SMARTS) is 1. The molecule has 0 radical (unpaired) electrons.